The summed E-state index contributed by atoms with van der Waals surface area (Å²) in [4.78, 5) is 34.2. The first-order valence-corrected chi connectivity index (χ1v) is 16.6. The quantitative estimate of drug-likeness (QED) is 0.317. The number of piperidine rings is 1. The maximum absolute atomic E-state index is 13.4. The lowest BCUT2D eigenvalue weighted by Gasteiger charge is -2.33. The van der Waals surface area contributed by atoms with Crippen molar-refractivity contribution in [2.24, 2.45) is 5.41 Å². The fraction of sp³-hybridized carbons (Fsp3) is 0.536. The van der Waals surface area contributed by atoms with Crippen molar-refractivity contribution in [3.63, 3.8) is 0 Å². The number of hydrogen-bond acceptors (Lipinski definition) is 10. The molecule has 1 aliphatic heterocycles. The van der Waals surface area contributed by atoms with Crippen LogP contribution in [0.4, 0.5) is 5.69 Å². The van der Waals surface area contributed by atoms with Crippen LogP contribution in [0.5, 0.6) is 5.88 Å². The Labute approximate surface area is 244 Å². The highest BCUT2D eigenvalue weighted by Gasteiger charge is 2.45. The number of hydrogen-bond donors (Lipinski definition) is 2. The number of aromatic nitrogens is 4. The molecular formula is C28H35N7O4S2. The van der Waals surface area contributed by atoms with Crippen molar-refractivity contribution in [1.29, 1.82) is 0 Å². The molecule has 1 atom stereocenters. The molecular weight excluding hydrogens is 562 g/mol. The lowest BCUT2D eigenvalue weighted by molar-refractivity contribution is 0.0924. The van der Waals surface area contributed by atoms with Crippen LogP contribution >= 0.6 is 11.3 Å². The summed E-state index contributed by atoms with van der Waals surface area (Å²) in [5, 5.41) is 3.10. The molecule has 3 fully saturated rings. The predicted molar refractivity (Wildman–Crippen MR) is 156 cm³/mol. The van der Waals surface area contributed by atoms with Crippen LogP contribution in [0.1, 0.15) is 73.4 Å². The van der Waals surface area contributed by atoms with Crippen LogP contribution in [0.15, 0.2) is 36.9 Å². The minimum atomic E-state index is -3.42. The van der Waals surface area contributed by atoms with Crippen molar-refractivity contribution in [3.05, 3.63) is 47.6 Å². The molecule has 4 heterocycles. The van der Waals surface area contributed by atoms with E-state index in [2.05, 4.69) is 34.9 Å². The number of ether oxygens (including phenoxy) is 1. The summed E-state index contributed by atoms with van der Waals surface area (Å²) in [7, 11) is -3.42. The molecule has 1 saturated heterocycles. The number of amides is 1. The van der Waals surface area contributed by atoms with Crippen LogP contribution in [-0.4, -0.2) is 70.7 Å². The molecule has 13 heteroatoms. The summed E-state index contributed by atoms with van der Waals surface area (Å²) >= 11 is 1.23. The van der Waals surface area contributed by atoms with Crippen molar-refractivity contribution in [2.75, 3.05) is 31.0 Å². The third-order valence-electron chi connectivity index (χ3n) is 7.96. The first-order valence-electron chi connectivity index (χ1n) is 14.2. The zero-order chi connectivity index (χ0) is 28.5. The van der Waals surface area contributed by atoms with E-state index in [1.807, 2.05) is 6.92 Å². The summed E-state index contributed by atoms with van der Waals surface area (Å²) < 4.78 is 33.2. The molecule has 2 aliphatic carbocycles. The maximum atomic E-state index is 13.4. The van der Waals surface area contributed by atoms with Crippen molar-refractivity contribution >= 4 is 33.0 Å². The lowest BCUT2D eigenvalue weighted by Crippen LogP contribution is -2.39. The number of nitrogens with one attached hydrogen (secondary N) is 2. The summed E-state index contributed by atoms with van der Waals surface area (Å²) in [5.41, 5.74) is 2.15. The van der Waals surface area contributed by atoms with Gasteiger partial charge >= 0.3 is 0 Å². The van der Waals surface area contributed by atoms with Crippen LogP contribution in [-0.2, 0) is 10.0 Å². The van der Waals surface area contributed by atoms with Crippen LogP contribution < -0.4 is 14.8 Å². The number of anilines is 1. The fourth-order valence-electron chi connectivity index (χ4n) is 5.42. The predicted octanol–water partition coefficient (Wildman–Crippen LogP) is 4.04. The van der Waals surface area contributed by atoms with Gasteiger partial charge in [0.15, 0.2) is 5.01 Å². The normalized spacial score (nSPS) is 19.0. The molecule has 0 bridgehead atoms. The molecule has 3 aromatic heterocycles. The Balaban J connectivity index is 1.19. The van der Waals surface area contributed by atoms with Gasteiger partial charge in [-0.3, -0.25) is 19.5 Å². The van der Waals surface area contributed by atoms with Gasteiger partial charge in [-0.25, -0.2) is 18.4 Å². The van der Waals surface area contributed by atoms with Gasteiger partial charge in [0.1, 0.15) is 5.69 Å². The van der Waals surface area contributed by atoms with E-state index in [1.54, 1.807) is 36.9 Å². The summed E-state index contributed by atoms with van der Waals surface area (Å²) in [6.07, 6.45) is 13.5. The Bertz CT molecular complexity index is 1500. The van der Waals surface area contributed by atoms with Gasteiger partial charge in [-0.1, -0.05) is 0 Å². The highest BCUT2D eigenvalue weighted by Crippen LogP contribution is 2.52. The first-order chi connectivity index (χ1) is 19.8. The lowest BCUT2D eigenvalue weighted by atomic mass is 9.94. The number of rotatable bonds is 12. The van der Waals surface area contributed by atoms with Crippen molar-refractivity contribution in [3.8, 4) is 16.5 Å². The number of carbonyl (C=O) groups excluding carboxylic acids is 1. The van der Waals surface area contributed by atoms with E-state index in [1.165, 1.54) is 37.0 Å². The molecule has 6 rings (SSSR count). The van der Waals surface area contributed by atoms with Gasteiger partial charge in [0, 0.05) is 25.5 Å². The van der Waals surface area contributed by atoms with Gasteiger partial charge in [0.05, 0.1) is 46.6 Å². The van der Waals surface area contributed by atoms with Gasteiger partial charge in [-0.05, 0) is 76.0 Å². The topological polar surface area (TPSA) is 139 Å². The van der Waals surface area contributed by atoms with E-state index < -0.39 is 16.1 Å². The molecule has 2 saturated carbocycles. The van der Waals surface area contributed by atoms with Crippen molar-refractivity contribution < 1.29 is 17.9 Å². The van der Waals surface area contributed by atoms with Crippen LogP contribution in [0, 0.1) is 5.41 Å². The Morgan fingerprint density at radius 1 is 1.22 bits per heavy atom. The average molecular weight is 598 g/mol. The van der Waals surface area contributed by atoms with E-state index in [0.717, 1.165) is 19.6 Å². The highest BCUT2D eigenvalue weighted by molar-refractivity contribution is 7.93. The summed E-state index contributed by atoms with van der Waals surface area (Å²) in [5.74, 6) is 0.0988. The second-order valence-electron chi connectivity index (χ2n) is 11.2. The van der Waals surface area contributed by atoms with Gasteiger partial charge in [0.2, 0.25) is 15.9 Å². The van der Waals surface area contributed by atoms with Crippen molar-refractivity contribution in [2.45, 2.75) is 63.2 Å². The van der Waals surface area contributed by atoms with Crippen LogP contribution in [0.3, 0.4) is 0 Å². The van der Waals surface area contributed by atoms with Crippen LogP contribution in [0.25, 0.3) is 10.6 Å². The molecule has 1 spiro atoms. The summed E-state index contributed by atoms with van der Waals surface area (Å²) in [6.45, 7) is 5.32. The molecule has 3 aromatic rings. The minimum absolute atomic E-state index is 0.300. The molecule has 0 radical (unpaired) electrons. The van der Waals surface area contributed by atoms with Crippen LogP contribution in [0.2, 0.25) is 0 Å². The zero-order valence-electron chi connectivity index (χ0n) is 23.1. The monoisotopic (exact) mass is 597 g/mol. The van der Waals surface area contributed by atoms with Gasteiger partial charge in [0.25, 0.3) is 5.91 Å². The standard InChI is InChI=1S/C28H35N7O4S2/c1-2-39-25-17-29-15-23(32-25)24-16-31-27(40-24)26(36)33-21(7-13-35-12-3-8-28(18-35)9-10-28)22-14-19(6-11-30-22)34-41(37,38)20-4-5-20/h6,11,14-17,20-21H,2-5,7-10,12-13,18H2,1H3,(H,30,34)(H,33,36)/t21-/m0/s1. The number of nitrogens with zero attached hydrogens (tertiary/aromatic N) is 5. The smallest absolute Gasteiger partial charge is 0.280 e. The van der Waals surface area contributed by atoms with E-state index in [-0.39, 0.29) is 11.2 Å². The van der Waals surface area contributed by atoms with E-state index in [9.17, 15) is 13.2 Å². The number of likely N-dealkylation sites (tertiary alicyclic amines) is 1. The molecule has 0 aromatic carbocycles. The van der Waals surface area contributed by atoms with Crippen molar-refractivity contribution in [1.82, 2.24) is 30.2 Å². The van der Waals surface area contributed by atoms with E-state index >= 15 is 0 Å². The number of carbonyl (C=O) groups is 1. The molecule has 41 heavy (non-hydrogen) atoms. The highest BCUT2D eigenvalue weighted by atomic mass is 32.2. The Hall–Kier alpha value is -3.16. The molecule has 218 valence electrons. The number of pyridine rings is 1. The Morgan fingerprint density at radius 3 is 2.85 bits per heavy atom. The molecule has 0 unspecified atom stereocenters. The first kappa shape index (κ1) is 28.0. The van der Waals surface area contributed by atoms with E-state index in [0.29, 0.717) is 64.1 Å². The third kappa shape index (κ3) is 6.84. The zero-order valence-corrected chi connectivity index (χ0v) is 24.7. The van der Waals surface area contributed by atoms with E-state index in [4.69, 9.17) is 4.74 Å². The average Bonchev–Trinajstić information content (AvgIpc) is 3.90. The SMILES string of the molecule is CCOc1cncc(-c2cnc(C(=O)N[C@@H](CCN3CCCC4(CC4)C3)c3cc(NS(=O)(=O)C4CC4)ccn3)s2)n1. The number of thiazole rings is 1. The van der Waals surface area contributed by atoms with Gasteiger partial charge in [-0.15, -0.1) is 11.3 Å². The van der Waals surface area contributed by atoms with Gasteiger partial charge in [-0.2, -0.15) is 0 Å². The molecule has 2 N–H and O–H groups in total. The second kappa shape index (κ2) is 11.6. The summed E-state index contributed by atoms with van der Waals surface area (Å²) in [6, 6.07) is 2.96. The van der Waals surface area contributed by atoms with Gasteiger partial charge < -0.3 is 15.0 Å². The fourth-order valence-corrected chi connectivity index (χ4v) is 7.57. The number of sulfonamides is 1. The minimum Gasteiger partial charge on any atom is -0.477 e. The third-order valence-corrected chi connectivity index (χ3v) is 10.8. The Kier molecular flexibility index (Phi) is 7.92. The molecule has 11 nitrogen and oxygen atoms in total. The molecule has 1 amide bonds. The second-order valence-corrected chi connectivity index (χ2v) is 14.2. The Morgan fingerprint density at radius 2 is 2.07 bits per heavy atom. The maximum Gasteiger partial charge on any atom is 0.280 e. The largest absolute Gasteiger partial charge is 0.477 e. The molecule has 3 aliphatic rings.